The van der Waals surface area contributed by atoms with Crippen molar-refractivity contribution in [3.8, 4) is 5.75 Å². The molecule has 0 heterocycles. The molecule has 0 aliphatic heterocycles. The van der Waals surface area contributed by atoms with Gasteiger partial charge in [0, 0.05) is 19.1 Å². The van der Waals surface area contributed by atoms with Gasteiger partial charge in [-0.05, 0) is 40.0 Å². The summed E-state index contributed by atoms with van der Waals surface area (Å²) in [4.78, 5) is 12.1. The van der Waals surface area contributed by atoms with Crippen LogP contribution in [0.3, 0.4) is 0 Å². The van der Waals surface area contributed by atoms with Gasteiger partial charge in [-0.25, -0.2) is 0 Å². The molecule has 0 amide bonds. The average Bonchev–Trinajstić information content (AvgIpc) is 2.40. The maximum absolute atomic E-state index is 12.1. The number of halogens is 1. The summed E-state index contributed by atoms with van der Waals surface area (Å²) in [6.07, 6.45) is 1.61. The van der Waals surface area contributed by atoms with Crippen molar-refractivity contribution >= 4 is 21.7 Å². The molecule has 4 heteroatoms. The van der Waals surface area contributed by atoms with Crippen LogP contribution in [-0.4, -0.2) is 26.1 Å². The SMILES string of the molecule is CCC(C)CC(=O)c1ccc(OCCOC)c(Br)c1. The van der Waals surface area contributed by atoms with E-state index in [9.17, 15) is 4.79 Å². The Morgan fingerprint density at radius 1 is 1.37 bits per heavy atom. The minimum Gasteiger partial charge on any atom is -0.490 e. The molecule has 1 unspecified atom stereocenters. The van der Waals surface area contributed by atoms with Gasteiger partial charge in [-0.2, -0.15) is 0 Å². The second kappa shape index (κ2) is 8.33. The lowest BCUT2D eigenvalue weighted by Crippen LogP contribution is -2.07. The van der Waals surface area contributed by atoms with Crippen molar-refractivity contribution in [2.45, 2.75) is 26.7 Å². The van der Waals surface area contributed by atoms with Crippen LogP contribution in [0.15, 0.2) is 22.7 Å². The number of methoxy groups -OCH3 is 1. The highest BCUT2D eigenvalue weighted by atomic mass is 79.9. The van der Waals surface area contributed by atoms with E-state index in [4.69, 9.17) is 9.47 Å². The first kappa shape index (κ1) is 16.2. The standard InChI is InChI=1S/C15H21BrO3/c1-4-11(2)9-14(17)12-5-6-15(13(16)10-12)19-8-7-18-3/h5-6,10-11H,4,7-9H2,1-3H3. The molecule has 1 atom stereocenters. The van der Waals surface area contributed by atoms with Gasteiger partial charge in [0.2, 0.25) is 0 Å². The van der Waals surface area contributed by atoms with Gasteiger partial charge in [-0.1, -0.05) is 20.3 Å². The highest BCUT2D eigenvalue weighted by Gasteiger charge is 2.12. The summed E-state index contributed by atoms with van der Waals surface area (Å²) in [7, 11) is 1.63. The molecule has 1 rings (SSSR count). The molecule has 0 saturated carbocycles. The van der Waals surface area contributed by atoms with E-state index >= 15 is 0 Å². The van der Waals surface area contributed by atoms with E-state index in [2.05, 4.69) is 29.8 Å². The van der Waals surface area contributed by atoms with Gasteiger partial charge < -0.3 is 9.47 Å². The van der Waals surface area contributed by atoms with E-state index in [-0.39, 0.29) is 5.78 Å². The Labute approximate surface area is 123 Å². The highest BCUT2D eigenvalue weighted by molar-refractivity contribution is 9.10. The molecule has 0 N–H and O–H groups in total. The zero-order valence-electron chi connectivity index (χ0n) is 11.7. The number of ether oxygens (including phenoxy) is 2. The molecule has 0 saturated heterocycles. The topological polar surface area (TPSA) is 35.5 Å². The van der Waals surface area contributed by atoms with Gasteiger partial charge in [0.25, 0.3) is 0 Å². The van der Waals surface area contributed by atoms with Crippen LogP contribution in [0.25, 0.3) is 0 Å². The van der Waals surface area contributed by atoms with E-state index < -0.39 is 0 Å². The molecule has 0 bridgehead atoms. The van der Waals surface area contributed by atoms with Gasteiger partial charge in [-0.15, -0.1) is 0 Å². The Kier molecular flexibility index (Phi) is 7.10. The number of rotatable bonds is 8. The predicted molar refractivity (Wildman–Crippen MR) is 79.9 cm³/mol. The van der Waals surface area contributed by atoms with E-state index in [0.29, 0.717) is 25.6 Å². The second-order valence-corrected chi connectivity index (χ2v) is 5.48. The molecule has 0 aromatic heterocycles. The summed E-state index contributed by atoms with van der Waals surface area (Å²) < 4.78 is 11.3. The van der Waals surface area contributed by atoms with Gasteiger partial charge >= 0.3 is 0 Å². The number of carbonyl (C=O) groups excluding carboxylic acids is 1. The lowest BCUT2D eigenvalue weighted by Gasteiger charge is -2.10. The van der Waals surface area contributed by atoms with Crippen molar-refractivity contribution in [1.82, 2.24) is 0 Å². The first-order valence-corrected chi connectivity index (χ1v) is 7.32. The van der Waals surface area contributed by atoms with Crippen LogP contribution in [0, 0.1) is 5.92 Å². The third-order valence-corrected chi connectivity index (χ3v) is 3.65. The fourth-order valence-corrected chi connectivity index (χ4v) is 2.10. The second-order valence-electron chi connectivity index (χ2n) is 4.63. The molecule has 1 aromatic rings. The van der Waals surface area contributed by atoms with Crippen LogP contribution in [0.1, 0.15) is 37.0 Å². The summed E-state index contributed by atoms with van der Waals surface area (Å²) in [5, 5.41) is 0. The van der Waals surface area contributed by atoms with Crippen molar-refractivity contribution < 1.29 is 14.3 Å². The zero-order valence-corrected chi connectivity index (χ0v) is 13.3. The fraction of sp³-hybridized carbons (Fsp3) is 0.533. The molecule has 0 radical (unpaired) electrons. The van der Waals surface area contributed by atoms with Gasteiger partial charge in [0.05, 0.1) is 11.1 Å². The molecule has 19 heavy (non-hydrogen) atoms. The lowest BCUT2D eigenvalue weighted by molar-refractivity contribution is 0.0963. The minimum atomic E-state index is 0.179. The normalized spacial score (nSPS) is 12.2. The van der Waals surface area contributed by atoms with Crippen LogP contribution in [0.5, 0.6) is 5.75 Å². The Morgan fingerprint density at radius 3 is 2.68 bits per heavy atom. The average molecular weight is 329 g/mol. The van der Waals surface area contributed by atoms with Gasteiger partial charge in [0.15, 0.2) is 5.78 Å². The van der Waals surface area contributed by atoms with Crippen molar-refractivity contribution in [2.24, 2.45) is 5.92 Å². The fourth-order valence-electron chi connectivity index (χ4n) is 1.60. The van der Waals surface area contributed by atoms with Crippen LogP contribution in [0.2, 0.25) is 0 Å². The van der Waals surface area contributed by atoms with Crippen molar-refractivity contribution in [3.63, 3.8) is 0 Å². The van der Waals surface area contributed by atoms with E-state index in [1.54, 1.807) is 7.11 Å². The number of Topliss-reactive ketones (excluding diaryl/α,β-unsaturated/α-hetero) is 1. The molecular weight excluding hydrogens is 308 g/mol. The summed E-state index contributed by atoms with van der Waals surface area (Å²) in [5.41, 5.74) is 0.728. The van der Waals surface area contributed by atoms with Gasteiger partial charge in [0.1, 0.15) is 12.4 Å². The van der Waals surface area contributed by atoms with E-state index in [0.717, 1.165) is 22.2 Å². The van der Waals surface area contributed by atoms with Crippen LogP contribution in [-0.2, 0) is 4.74 Å². The molecule has 0 spiro atoms. The number of ketones is 1. The number of benzene rings is 1. The highest BCUT2D eigenvalue weighted by Crippen LogP contribution is 2.27. The maximum Gasteiger partial charge on any atom is 0.163 e. The monoisotopic (exact) mass is 328 g/mol. The number of hydrogen-bond acceptors (Lipinski definition) is 3. The predicted octanol–water partition coefficient (Wildman–Crippen LogP) is 4.09. The lowest BCUT2D eigenvalue weighted by atomic mass is 9.98. The number of hydrogen-bond donors (Lipinski definition) is 0. The quantitative estimate of drug-likeness (QED) is 0.532. The van der Waals surface area contributed by atoms with Crippen LogP contribution < -0.4 is 4.74 Å². The summed E-state index contributed by atoms with van der Waals surface area (Å²) in [6.45, 7) is 5.23. The first-order chi connectivity index (χ1) is 9.08. The van der Waals surface area contributed by atoms with E-state index in [1.165, 1.54) is 0 Å². The number of carbonyl (C=O) groups is 1. The zero-order chi connectivity index (χ0) is 14.3. The van der Waals surface area contributed by atoms with E-state index in [1.807, 2.05) is 18.2 Å². The first-order valence-electron chi connectivity index (χ1n) is 6.53. The molecule has 0 aliphatic rings. The summed E-state index contributed by atoms with van der Waals surface area (Å²) in [5.74, 6) is 1.33. The molecule has 3 nitrogen and oxygen atoms in total. The Hall–Kier alpha value is -0.870. The Balaban J connectivity index is 2.67. The van der Waals surface area contributed by atoms with Crippen LogP contribution >= 0.6 is 15.9 Å². The molecule has 0 aliphatic carbocycles. The summed E-state index contributed by atoms with van der Waals surface area (Å²) in [6, 6.07) is 5.47. The molecule has 106 valence electrons. The molecule has 1 aromatic carbocycles. The summed E-state index contributed by atoms with van der Waals surface area (Å²) >= 11 is 3.43. The molecule has 0 fully saturated rings. The molecular formula is C15H21BrO3. The van der Waals surface area contributed by atoms with Crippen LogP contribution in [0.4, 0.5) is 0 Å². The minimum absolute atomic E-state index is 0.179. The van der Waals surface area contributed by atoms with Crippen molar-refractivity contribution in [1.29, 1.82) is 0 Å². The third kappa shape index (κ3) is 5.33. The Bertz CT molecular complexity index is 418. The van der Waals surface area contributed by atoms with Crippen molar-refractivity contribution in [2.75, 3.05) is 20.3 Å². The third-order valence-electron chi connectivity index (χ3n) is 3.03. The maximum atomic E-state index is 12.1. The van der Waals surface area contributed by atoms with Crippen molar-refractivity contribution in [3.05, 3.63) is 28.2 Å². The largest absolute Gasteiger partial charge is 0.490 e. The van der Waals surface area contributed by atoms with Gasteiger partial charge in [-0.3, -0.25) is 4.79 Å². The smallest absolute Gasteiger partial charge is 0.163 e. The Morgan fingerprint density at radius 2 is 2.11 bits per heavy atom.